The molecular formula is C17H19N3O. The summed E-state index contributed by atoms with van der Waals surface area (Å²) in [6, 6.07) is 10.4. The molecule has 1 unspecified atom stereocenters. The molecule has 0 aliphatic heterocycles. The normalized spacial score (nSPS) is 17.2. The molecule has 1 aliphatic carbocycles. The fraction of sp³-hybridized carbons (Fsp3) is 0.412. The van der Waals surface area contributed by atoms with Crippen LogP contribution in [-0.4, -0.2) is 14.9 Å². The summed E-state index contributed by atoms with van der Waals surface area (Å²) < 4.78 is 1.83. The summed E-state index contributed by atoms with van der Waals surface area (Å²) in [6.07, 6.45) is 4.92. The van der Waals surface area contributed by atoms with Crippen LogP contribution < -0.4 is 0 Å². The number of fused-ring (bicyclic) bond motifs is 1. The Labute approximate surface area is 124 Å². The molecule has 0 saturated heterocycles. The second-order valence-electron chi connectivity index (χ2n) is 5.83. The van der Waals surface area contributed by atoms with Crippen LogP contribution in [0.4, 0.5) is 0 Å². The van der Waals surface area contributed by atoms with E-state index in [4.69, 9.17) is 0 Å². The molecule has 3 rings (SSSR count). The van der Waals surface area contributed by atoms with Gasteiger partial charge in [-0.3, -0.25) is 4.68 Å². The van der Waals surface area contributed by atoms with Crippen molar-refractivity contribution in [1.82, 2.24) is 9.78 Å². The Morgan fingerprint density at radius 1 is 1.38 bits per heavy atom. The van der Waals surface area contributed by atoms with Crippen molar-refractivity contribution in [1.29, 1.82) is 5.26 Å². The lowest BCUT2D eigenvalue weighted by atomic mass is 9.78. The first-order valence-electron chi connectivity index (χ1n) is 7.37. The number of hydrogen-bond donors (Lipinski definition) is 1. The van der Waals surface area contributed by atoms with Crippen molar-refractivity contribution in [2.24, 2.45) is 5.41 Å². The second kappa shape index (κ2) is 5.34. The van der Waals surface area contributed by atoms with Crippen molar-refractivity contribution >= 4 is 0 Å². The van der Waals surface area contributed by atoms with Gasteiger partial charge in [0, 0.05) is 18.3 Å². The Morgan fingerprint density at radius 3 is 2.62 bits per heavy atom. The van der Waals surface area contributed by atoms with Crippen molar-refractivity contribution in [3.8, 4) is 6.07 Å². The highest BCUT2D eigenvalue weighted by Crippen LogP contribution is 2.45. The van der Waals surface area contributed by atoms with Crippen LogP contribution in [0.5, 0.6) is 0 Å². The van der Waals surface area contributed by atoms with Gasteiger partial charge in [-0.2, -0.15) is 10.4 Å². The van der Waals surface area contributed by atoms with Crippen molar-refractivity contribution < 1.29 is 5.11 Å². The predicted molar refractivity (Wildman–Crippen MR) is 79.4 cm³/mol. The maximum absolute atomic E-state index is 10.7. The third-order valence-electron chi connectivity index (χ3n) is 4.30. The molecule has 1 atom stereocenters. The number of aliphatic hydroxyl groups is 1. The number of aryl methyl sites for hydroxylation is 1. The standard InChI is InChI=1S/C17H19N3O/c1-2-7-20-11-15(10-19-20)16(21)17(12-18)8-13-5-3-4-6-14(13)9-17/h3-6,10-11,16,21H,2,7-9H2,1H3. The van der Waals surface area contributed by atoms with E-state index in [1.54, 1.807) is 6.20 Å². The second-order valence-corrected chi connectivity index (χ2v) is 5.83. The van der Waals surface area contributed by atoms with Crippen LogP contribution in [0, 0.1) is 16.7 Å². The van der Waals surface area contributed by atoms with E-state index in [1.165, 1.54) is 11.1 Å². The smallest absolute Gasteiger partial charge is 0.101 e. The molecular weight excluding hydrogens is 262 g/mol. The molecule has 0 radical (unpaired) electrons. The van der Waals surface area contributed by atoms with Crippen LogP contribution >= 0.6 is 0 Å². The average molecular weight is 281 g/mol. The highest BCUT2D eigenvalue weighted by molar-refractivity contribution is 5.39. The molecule has 4 heteroatoms. The lowest BCUT2D eigenvalue weighted by molar-refractivity contribution is 0.0692. The van der Waals surface area contributed by atoms with Crippen LogP contribution in [0.3, 0.4) is 0 Å². The number of aliphatic hydroxyl groups excluding tert-OH is 1. The maximum atomic E-state index is 10.7. The van der Waals surface area contributed by atoms with E-state index >= 15 is 0 Å². The van der Waals surface area contributed by atoms with Gasteiger partial charge >= 0.3 is 0 Å². The summed E-state index contributed by atoms with van der Waals surface area (Å²) in [7, 11) is 0. The van der Waals surface area contributed by atoms with Crippen LogP contribution in [0.1, 0.15) is 36.1 Å². The molecule has 0 amide bonds. The molecule has 0 bridgehead atoms. The van der Waals surface area contributed by atoms with Crippen molar-refractivity contribution in [3.63, 3.8) is 0 Å². The monoisotopic (exact) mass is 281 g/mol. The Hall–Kier alpha value is -2.12. The molecule has 0 fully saturated rings. The minimum atomic E-state index is -0.805. The quantitative estimate of drug-likeness (QED) is 0.937. The number of hydrogen-bond acceptors (Lipinski definition) is 3. The molecule has 21 heavy (non-hydrogen) atoms. The predicted octanol–water partition coefficient (Wildman–Crippen LogP) is 2.64. The molecule has 108 valence electrons. The fourth-order valence-corrected chi connectivity index (χ4v) is 3.17. The molecule has 1 N–H and O–H groups in total. The van der Waals surface area contributed by atoms with Gasteiger partial charge < -0.3 is 5.11 Å². The number of aromatic nitrogens is 2. The molecule has 1 aromatic carbocycles. The first kappa shape index (κ1) is 13.8. The van der Waals surface area contributed by atoms with Gasteiger partial charge in [0.05, 0.1) is 17.7 Å². The molecule has 1 heterocycles. The van der Waals surface area contributed by atoms with Crippen LogP contribution in [0.15, 0.2) is 36.7 Å². The fourth-order valence-electron chi connectivity index (χ4n) is 3.17. The topological polar surface area (TPSA) is 61.8 Å². The Balaban J connectivity index is 1.89. The van der Waals surface area contributed by atoms with Gasteiger partial charge in [-0.25, -0.2) is 0 Å². The summed E-state index contributed by atoms with van der Waals surface area (Å²) in [6.45, 7) is 2.91. The van der Waals surface area contributed by atoms with E-state index in [0.29, 0.717) is 12.8 Å². The highest BCUT2D eigenvalue weighted by Gasteiger charge is 2.44. The third kappa shape index (κ3) is 2.34. The van der Waals surface area contributed by atoms with Crippen LogP contribution in [-0.2, 0) is 19.4 Å². The Kier molecular flexibility index (Phi) is 3.52. The summed E-state index contributed by atoms with van der Waals surface area (Å²) in [5.41, 5.74) is 2.29. The molecule has 4 nitrogen and oxygen atoms in total. The molecule has 1 aliphatic rings. The lowest BCUT2D eigenvalue weighted by Crippen LogP contribution is -2.28. The lowest BCUT2D eigenvalue weighted by Gasteiger charge is -2.26. The van der Waals surface area contributed by atoms with E-state index in [-0.39, 0.29) is 0 Å². The molecule has 2 aromatic rings. The minimum absolute atomic E-state index is 0.597. The van der Waals surface area contributed by atoms with Gasteiger partial charge in [0.2, 0.25) is 0 Å². The SMILES string of the molecule is CCCn1cc(C(O)C2(C#N)Cc3ccccc3C2)cn1. The molecule has 0 saturated carbocycles. The zero-order valence-corrected chi connectivity index (χ0v) is 12.2. The highest BCUT2D eigenvalue weighted by atomic mass is 16.3. The van der Waals surface area contributed by atoms with Gasteiger partial charge in [-0.1, -0.05) is 31.2 Å². The Bertz CT molecular complexity index is 658. The summed E-state index contributed by atoms with van der Waals surface area (Å²) in [5, 5.41) is 24.7. The largest absolute Gasteiger partial charge is 0.387 e. The van der Waals surface area contributed by atoms with Gasteiger partial charge in [0.1, 0.15) is 6.10 Å². The molecule has 0 spiro atoms. The van der Waals surface area contributed by atoms with Gasteiger partial charge in [-0.15, -0.1) is 0 Å². The maximum Gasteiger partial charge on any atom is 0.101 e. The van der Waals surface area contributed by atoms with Crippen molar-refractivity contribution in [2.75, 3.05) is 0 Å². The zero-order valence-electron chi connectivity index (χ0n) is 12.2. The van der Waals surface area contributed by atoms with Crippen molar-refractivity contribution in [2.45, 2.75) is 38.8 Å². The summed E-state index contributed by atoms with van der Waals surface area (Å²) in [4.78, 5) is 0. The third-order valence-corrected chi connectivity index (χ3v) is 4.30. The van der Waals surface area contributed by atoms with E-state index in [2.05, 4.69) is 18.1 Å². The minimum Gasteiger partial charge on any atom is -0.387 e. The van der Waals surface area contributed by atoms with Gasteiger partial charge in [-0.05, 0) is 30.4 Å². The number of nitrogens with zero attached hydrogens (tertiary/aromatic N) is 3. The summed E-state index contributed by atoms with van der Waals surface area (Å²) >= 11 is 0. The average Bonchev–Trinajstić information content (AvgIpc) is 3.11. The van der Waals surface area contributed by atoms with Crippen molar-refractivity contribution in [3.05, 3.63) is 53.3 Å². The first-order valence-corrected chi connectivity index (χ1v) is 7.37. The Morgan fingerprint density at radius 2 is 2.05 bits per heavy atom. The number of benzene rings is 1. The molecule has 1 aromatic heterocycles. The van der Waals surface area contributed by atoms with Gasteiger partial charge in [0.15, 0.2) is 0 Å². The van der Waals surface area contributed by atoms with E-state index < -0.39 is 11.5 Å². The van der Waals surface area contributed by atoms with E-state index in [1.807, 2.05) is 35.1 Å². The first-order chi connectivity index (χ1) is 10.2. The van der Waals surface area contributed by atoms with Gasteiger partial charge in [0.25, 0.3) is 0 Å². The number of rotatable bonds is 4. The number of nitriles is 1. The summed E-state index contributed by atoms with van der Waals surface area (Å²) in [5.74, 6) is 0. The van der Waals surface area contributed by atoms with E-state index in [0.717, 1.165) is 18.5 Å². The van der Waals surface area contributed by atoms with Crippen LogP contribution in [0.2, 0.25) is 0 Å². The van der Waals surface area contributed by atoms with Crippen LogP contribution in [0.25, 0.3) is 0 Å². The van der Waals surface area contributed by atoms with E-state index in [9.17, 15) is 10.4 Å². The zero-order chi connectivity index (χ0) is 14.9.